The van der Waals surface area contributed by atoms with Gasteiger partial charge in [0.25, 0.3) is 0 Å². The third-order valence-corrected chi connectivity index (χ3v) is 3.80. The van der Waals surface area contributed by atoms with E-state index in [1.807, 2.05) is 31.2 Å². The Bertz CT molecular complexity index is 944. The zero-order valence-electron chi connectivity index (χ0n) is 14.3. The first-order valence-corrected chi connectivity index (χ1v) is 8.09. The zero-order valence-corrected chi connectivity index (χ0v) is 14.3. The fourth-order valence-corrected chi connectivity index (χ4v) is 2.52. The van der Waals surface area contributed by atoms with Crippen molar-refractivity contribution in [3.63, 3.8) is 0 Å². The van der Waals surface area contributed by atoms with Crippen molar-refractivity contribution in [3.8, 4) is 0 Å². The molecule has 0 saturated carbocycles. The summed E-state index contributed by atoms with van der Waals surface area (Å²) in [6.07, 6.45) is 0.846. The maximum Gasteiger partial charge on any atom is 0.229 e. The van der Waals surface area contributed by atoms with Gasteiger partial charge in [-0.15, -0.1) is 0 Å². The number of nitrogens with zero attached hydrogens (tertiary/aromatic N) is 2. The Morgan fingerprint density at radius 3 is 2.42 bits per heavy atom. The van der Waals surface area contributed by atoms with Crippen LogP contribution in [0.2, 0.25) is 0 Å². The van der Waals surface area contributed by atoms with Gasteiger partial charge in [0.1, 0.15) is 5.82 Å². The Hall–Kier alpha value is -3.09. The lowest BCUT2D eigenvalue weighted by Crippen LogP contribution is -2.05. The molecule has 26 heavy (non-hydrogen) atoms. The van der Waals surface area contributed by atoms with Crippen LogP contribution in [0, 0.1) is 24.4 Å². The first-order valence-electron chi connectivity index (χ1n) is 8.09. The Balaban J connectivity index is 1.90. The number of nitrogens with one attached hydrogen (secondary N) is 2. The van der Waals surface area contributed by atoms with Crippen molar-refractivity contribution >= 4 is 23.1 Å². The molecule has 7 heteroatoms. The van der Waals surface area contributed by atoms with E-state index >= 15 is 0 Å². The third kappa shape index (κ3) is 3.77. The topological polar surface area (TPSA) is 49.8 Å². The predicted molar refractivity (Wildman–Crippen MR) is 95.5 cm³/mol. The van der Waals surface area contributed by atoms with Crippen LogP contribution in [0.15, 0.2) is 42.5 Å². The van der Waals surface area contributed by atoms with Crippen LogP contribution in [0.3, 0.4) is 0 Å². The van der Waals surface area contributed by atoms with E-state index in [0.29, 0.717) is 11.5 Å². The van der Waals surface area contributed by atoms with Crippen LogP contribution >= 0.6 is 0 Å². The highest BCUT2D eigenvalue weighted by atomic mass is 19.2. The van der Waals surface area contributed by atoms with Crippen LogP contribution in [-0.2, 0) is 6.42 Å². The number of benzene rings is 2. The summed E-state index contributed by atoms with van der Waals surface area (Å²) in [5, 5.41) is 5.80. The molecule has 0 atom stereocenters. The number of rotatable bonds is 5. The number of halogens is 3. The van der Waals surface area contributed by atoms with Gasteiger partial charge >= 0.3 is 0 Å². The summed E-state index contributed by atoms with van der Waals surface area (Å²) < 4.78 is 40.3. The highest BCUT2D eigenvalue weighted by Gasteiger charge is 2.14. The first kappa shape index (κ1) is 17.7. The van der Waals surface area contributed by atoms with Crippen LogP contribution in [0.4, 0.5) is 36.3 Å². The van der Waals surface area contributed by atoms with E-state index in [1.54, 1.807) is 13.0 Å². The molecule has 0 bridgehead atoms. The molecule has 0 spiro atoms. The van der Waals surface area contributed by atoms with Gasteiger partial charge < -0.3 is 10.6 Å². The molecule has 0 radical (unpaired) electrons. The molecule has 1 aromatic heterocycles. The Kier molecular flexibility index (Phi) is 5.06. The largest absolute Gasteiger partial charge is 0.340 e. The van der Waals surface area contributed by atoms with Gasteiger partial charge in [0.2, 0.25) is 5.95 Å². The second-order valence-electron chi connectivity index (χ2n) is 5.70. The molecule has 3 rings (SSSR count). The third-order valence-electron chi connectivity index (χ3n) is 3.80. The van der Waals surface area contributed by atoms with Gasteiger partial charge in [-0.1, -0.05) is 25.1 Å². The molecule has 2 N–H and O–H groups in total. The number of anilines is 4. The summed E-state index contributed by atoms with van der Waals surface area (Å²) >= 11 is 0. The number of aryl methyl sites for hydroxylation is 2. The van der Waals surface area contributed by atoms with E-state index in [1.165, 1.54) is 0 Å². The van der Waals surface area contributed by atoms with Gasteiger partial charge in [-0.25, -0.2) is 18.2 Å². The van der Waals surface area contributed by atoms with Crippen molar-refractivity contribution < 1.29 is 13.2 Å². The lowest BCUT2D eigenvalue weighted by atomic mass is 10.1. The smallest absolute Gasteiger partial charge is 0.229 e. The molecule has 0 fully saturated rings. The van der Waals surface area contributed by atoms with Crippen LogP contribution in [0.5, 0.6) is 0 Å². The molecule has 0 saturated heterocycles. The number of hydrogen-bond donors (Lipinski definition) is 2. The summed E-state index contributed by atoms with van der Waals surface area (Å²) in [6, 6.07) is 11.5. The SMILES string of the molecule is CCc1ccccc1Nc1cc(C)nc(Nc2ccc(F)c(F)c2F)n1. The second-order valence-corrected chi connectivity index (χ2v) is 5.70. The van der Waals surface area contributed by atoms with Gasteiger partial charge in [0, 0.05) is 17.4 Å². The summed E-state index contributed by atoms with van der Waals surface area (Å²) in [7, 11) is 0. The Morgan fingerprint density at radius 2 is 1.65 bits per heavy atom. The van der Waals surface area contributed by atoms with E-state index in [4.69, 9.17) is 0 Å². The fraction of sp³-hybridized carbons (Fsp3) is 0.158. The first-order chi connectivity index (χ1) is 12.5. The molecule has 0 aliphatic rings. The quantitative estimate of drug-likeness (QED) is 0.612. The second kappa shape index (κ2) is 7.43. The average Bonchev–Trinajstić information content (AvgIpc) is 2.62. The molecule has 3 aromatic rings. The van der Waals surface area contributed by atoms with E-state index in [2.05, 4.69) is 20.6 Å². The van der Waals surface area contributed by atoms with Crippen molar-refractivity contribution in [1.82, 2.24) is 9.97 Å². The predicted octanol–water partition coefficient (Wildman–Crippen LogP) is 5.25. The van der Waals surface area contributed by atoms with E-state index in [0.717, 1.165) is 29.8 Å². The number of aromatic nitrogens is 2. The molecule has 0 aliphatic carbocycles. The van der Waals surface area contributed by atoms with Crippen LogP contribution < -0.4 is 10.6 Å². The summed E-state index contributed by atoms with van der Waals surface area (Å²) in [4.78, 5) is 8.44. The molecular weight excluding hydrogens is 341 g/mol. The van der Waals surface area contributed by atoms with Crippen molar-refractivity contribution in [2.24, 2.45) is 0 Å². The lowest BCUT2D eigenvalue weighted by molar-refractivity contribution is 0.449. The maximum atomic E-state index is 13.8. The minimum atomic E-state index is -1.54. The van der Waals surface area contributed by atoms with Crippen molar-refractivity contribution in [1.29, 1.82) is 0 Å². The minimum absolute atomic E-state index is 0.0754. The number of para-hydroxylation sites is 1. The van der Waals surface area contributed by atoms with Crippen LogP contribution in [0.1, 0.15) is 18.2 Å². The highest BCUT2D eigenvalue weighted by Crippen LogP contribution is 2.24. The van der Waals surface area contributed by atoms with Gasteiger partial charge in [-0.2, -0.15) is 4.98 Å². The maximum absolute atomic E-state index is 13.8. The standard InChI is InChI=1S/C19H17F3N4/c1-3-12-6-4-5-7-14(12)24-16-10-11(2)23-19(26-16)25-15-9-8-13(20)17(21)18(15)22/h4-10H,3H2,1-2H3,(H2,23,24,25,26). The molecule has 2 aromatic carbocycles. The Labute approximate surface area is 149 Å². The van der Waals surface area contributed by atoms with Crippen molar-refractivity contribution in [3.05, 3.63) is 71.2 Å². The van der Waals surface area contributed by atoms with Gasteiger partial charge in [-0.3, -0.25) is 0 Å². The van der Waals surface area contributed by atoms with Crippen molar-refractivity contribution in [2.75, 3.05) is 10.6 Å². The summed E-state index contributed by atoms with van der Waals surface area (Å²) in [6.45, 7) is 3.80. The van der Waals surface area contributed by atoms with E-state index < -0.39 is 17.5 Å². The fourth-order valence-electron chi connectivity index (χ4n) is 2.52. The molecule has 134 valence electrons. The molecule has 0 amide bonds. The van der Waals surface area contributed by atoms with Crippen LogP contribution in [0.25, 0.3) is 0 Å². The van der Waals surface area contributed by atoms with Crippen molar-refractivity contribution in [2.45, 2.75) is 20.3 Å². The van der Waals surface area contributed by atoms with E-state index in [-0.39, 0.29) is 11.6 Å². The summed E-state index contributed by atoms with van der Waals surface area (Å²) in [5.74, 6) is -3.54. The molecule has 1 heterocycles. The molecule has 4 nitrogen and oxygen atoms in total. The van der Waals surface area contributed by atoms with Gasteiger partial charge in [0.15, 0.2) is 17.5 Å². The van der Waals surface area contributed by atoms with Crippen LogP contribution in [-0.4, -0.2) is 9.97 Å². The monoisotopic (exact) mass is 358 g/mol. The minimum Gasteiger partial charge on any atom is -0.340 e. The zero-order chi connectivity index (χ0) is 18.7. The van der Waals surface area contributed by atoms with Gasteiger partial charge in [-0.05, 0) is 37.1 Å². The Morgan fingerprint density at radius 1 is 0.885 bits per heavy atom. The lowest BCUT2D eigenvalue weighted by Gasteiger charge is -2.13. The molecule has 0 aliphatic heterocycles. The number of hydrogen-bond acceptors (Lipinski definition) is 4. The highest BCUT2D eigenvalue weighted by molar-refractivity contribution is 5.63. The van der Waals surface area contributed by atoms with Gasteiger partial charge in [0.05, 0.1) is 5.69 Å². The summed E-state index contributed by atoms with van der Waals surface area (Å²) in [5.41, 5.74) is 2.40. The molecule has 0 unspecified atom stereocenters. The molecular formula is C19H17F3N4. The van der Waals surface area contributed by atoms with E-state index in [9.17, 15) is 13.2 Å². The normalized spacial score (nSPS) is 10.7. The average molecular weight is 358 g/mol.